The largest absolute Gasteiger partial charge is 0.466 e. The molecule has 2 nitrogen and oxygen atoms in total. The highest BCUT2D eigenvalue weighted by Gasteiger charge is 2.28. The lowest BCUT2D eigenvalue weighted by molar-refractivity contribution is -0.149. The number of carbonyl (C=O) groups excluding carboxylic acids is 1. The summed E-state index contributed by atoms with van der Waals surface area (Å²) in [6.07, 6.45) is 3.51. The quantitative estimate of drug-likeness (QED) is 0.773. The van der Waals surface area contributed by atoms with E-state index in [1.54, 1.807) is 12.1 Å². The molecule has 4 heteroatoms. The first-order valence-corrected chi connectivity index (χ1v) is 7.11. The zero-order valence-electron chi connectivity index (χ0n) is 11.0. The number of esters is 1. The standard InChI is InChI=1S/C15H18ClFO2/c1-2-19-15(18)11-5-3-10(4-6-11)12-7-8-14(17)13(16)9-12/h7-11H,2-6H2,1H3. The lowest BCUT2D eigenvalue weighted by atomic mass is 9.79. The van der Waals surface area contributed by atoms with E-state index in [1.165, 1.54) is 6.07 Å². The Morgan fingerprint density at radius 1 is 1.37 bits per heavy atom. The molecular weight excluding hydrogens is 267 g/mol. The molecule has 0 unspecified atom stereocenters. The van der Waals surface area contributed by atoms with Gasteiger partial charge in [0.05, 0.1) is 17.5 Å². The summed E-state index contributed by atoms with van der Waals surface area (Å²) in [7, 11) is 0. The van der Waals surface area contributed by atoms with Crippen molar-refractivity contribution in [3.05, 3.63) is 34.6 Å². The average Bonchev–Trinajstić information content (AvgIpc) is 2.42. The van der Waals surface area contributed by atoms with E-state index in [-0.39, 0.29) is 22.7 Å². The highest BCUT2D eigenvalue weighted by molar-refractivity contribution is 6.30. The number of rotatable bonds is 3. The zero-order valence-corrected chi connectivity index (χ0v) is 11.8. The van der Waals surface area contributed by atoms with Crippen LogP contribution in [0.4, 0.5) is 4.39 Å². The Balaban J connectivity index is 1.96. The fraction of sp³-hybridized carbons (Fsp3) is 0.533. The second-order valence-corrected chi connectivity index (χ2v) is 5.38. The molecule has 0 bridgehead atoms. The lowest BCUT2D eigenvalue weighted by Crippen LogP contribution is -2.23. The van der Waals surface area contributed by atoms with Gasteiger partial charge in [-0.3, -0.25) is 4.79 Å². The van der Waals surface area contributed by atoms with Gasteiger partial charge in [-0.05, 0) is 56.2 Å². The van der Waals surface area contributed by atoms with Gasteiger partial charge < -0.3 is 4.74 Å². The van der Waals surface area contributed by atoms with Gasteiger partial charge in [0.15, 0.2) is 0 Å². The summed E-state index contributed by atoms with van der Waals surface area (Å²) in [5.74, 6) is -0.0837. The first-order chi connectivity index (χ1) is 9.11. The normalized spacial score (nSPS) is 23.1. The molecule has 1 fully saturated rings. The average molecular weight is 285 g/mol. The third-order valence-corrected chi connectivity index (χ3v) is 4.05. The van der Waals surface area contributed by atoms with Crippen LogP contribution in [0.25, 0.3) is 0 Å². The predicted molar refractivity (Wildman–Crippen MR) is 72.7 cm³/mol. The van der Waals surface area contributed by atoms with Gasteiger partial charge in [0.2, 0.25) is 0 Å². The van der Waals surface area contributed by atoms with Gasteiger partial charge in [0.1, 0.15) is 5.82 Å². The molecule has 1 saturated carbocycles. The SMILES string of the molecule is CCOC(=O)C1CCC(c2ccc(F)c(Cl)c2)CC1. The van der Waals surface area contributed by atoms with Crippen LogP contribution in [0.3, 0.4) is 0 Å². The van der Waals surface area contributed by atoms with E-state index in [0.29, 0.717) is 12.5 Å². The molecule has 0 aromatic heterocycles. The minimum Gasteiger partial charge on any atom is -0.466 e. The molecule has 1 aromatic carbocycles. The summed E-state index contributed by atoms with van der Waals surface area (Å²) in [5, 5.41) is 0.171. The molecule has 19 heavy (non-hydrogen) atoms. The molecule has 0 aliphatic heterocycles. The van der Waals surface area contributed by atoms with Crippen LogP contribution < -0.4 is 0 Å². The highest BCUT2D eigenvalue weighted by Crippen LogP contribution is 2.37. The lowest BCUT2D eigenvalue weighted by Gasteiger charge is -2.27. The Morgan fingerprint density at radius 2 is 2.05 bits per heavy atom. The van der Waals surface area contributed by atoms with E-state index >= 15 is 0 Å². The van der Waals surface area contributed by atoms with Gasteiger partial charge in [-0.2, -0.15) is 0 Å². The molecule has 2 rings (SSSR count). The van der Waals surface area contributed by atoms with E-state index in [4.69, 9.17) is 16.3 Å². The van der Waals surface area contributed by atoms with Crippen molar-refractivity contribution in [2.45, 2.75) is 38.5 Å². The summed E-state index contributed by atoms with van der Waals surface area (Å²) in [6, 6.07) is 4.90. The van der Waals surface area contributed by atoms with Crippen molar-refractivity contribution >= 4 is 17.6 Å². The smallest absolute Gasteiger partial charge is 0.308 e. The van der Waals surface area contributed by atoms with Crippen LogP contribution in [0, 0.1) is 11.7 Å². The van der Waals surface area contributed by atoms with Gasteiger partial charge in [0, 0.05) is 0 Å². The molecular formula is C15H18ClFO2. The molecule has 0 atom stereocenters. The van der Waals surface area contributed by atoms with Gasteiger partial charge >= 0.3 is 5.97 Å². The van der Waals surface area contributed by atoms with Crippen molar-refractivity contribution in [1.82, 2.24) is 0 Å². The maximum atomic E-state index is 13.1. The molecule has 0 radical (unpaired) electrons. The van der Waals surface area contributed by atoms with Crippen LogP contribution in [-0.2, 0) is 9.53 Å². The van der Waals surface area contributed by atoms with E-state index in [2.05, 4.69) is 0 Å². The monoisotopic (exact) mass is 284 g/mol. The Labute approximate surface area is 117 Å². The molecule has 104 valence electrons. The summed E-state index contributed by atoms with van der Waals surface area (Å²) in [4.78, 5) is 11.6. The third kappa shape index (κ3) is 3.47. The Morgan fingerprint density at radius 3 is 2.63 bits per heavy atom. The van der Waals surface area contributed by atoms with Gasteiger partial charge in [-0.1, -0.05) is 17.7 Å². The topological polar surface area (TPSA) is 26.3 Å². The molecule has 0 spiro atoms. The third-order valence-electron chi connectivity index (χ3n) is 3.76. The van der Waals surface area contributed by atoms with Crippen LogP contribution in [0.15, 0.2) is 18.2 Å². The first kappa shape index (κ1) is 14.3. The number of benzene rings is 1. The maximum absolute atomic E-state index is 13.1. The second kappa shape index (κ2) is 6.38. The number of ether oxygens (including phenoxy) is 1. The van der Waals surface area contributed by atoms with Crippen LogP contribution in [0.1, 0.15) is 44.1 Å². The Bertz CT molecular complexity index is 453. The number of halogens is 2. The molecule has 1 aliphatic rings. The summed E-state index contributed by atoms with van der Waals surface area (Å²) >= 11 is 5.80. The van der Waals surface area contributed by atoms with Crippen molar-refractivity contribution in [1.29, 1.82) is 0 Å². The van der Waals surface area contributed by atoms with E-state index in [0.717, 1.165) is 31.2 Å². The predicted octanol–water partition coefficient (Wildman–Crippen LogP) is 4.32. The van der Waals surface area contributed by atoms with E-state index in [1.807, 2.05) is 6.92 Å². The molecule has 0 amide bonds. The molecule has 1 aromatic rings. The number of hydrogen-bond donors (Lipinski definition) is 0. The number of hydrogen-bond acceptors (Lipinski definition) is 2. The molecule has 1 aliphatic carbocycles. The minimum absolute atomic E-state index is 0.0205. The summed E-state index contributed by atoms with van der Waals surface area (Å²) < 4.78 is 18.2. The zero-order chi connectivity index (χ0) is 13.8. The first-order valence-electron chi connectivity index (χ1n) is 6.73. The van der Waals surface area contributed by atoms with Crippen LogP contribution in [0.5, 0.6) is 0 Å². The van der Waals surface area contributed by atoms with Crippen molar-refractivity contribution < 1.29 is 13.9 Å². The molecule has 0 heterocycles. The van der Waals surface area contributed by atoms with E-state index < -0.39 is 0 Å². The Kier molecular flexibility index (Phi) is 4.81. The van der Waals surface area contributed by atoms with Crippen molar-refractivity contribution in [3.63, 3.8) is 0 Å². The fourth-order valence-corrected chi connectivity index (χ4v) is 2.88. The van der Waals surface area contributed by atoms with Gasteiger partial charge in [0.25, 0.3) is 0 Å². The van der Waals surface area contributed by atoms with Crippen LogP contribution >= 0.6 is 11.6 Å². The summed E-state index contributed by atoms with van der Waals surface area (Å²) in [5.41, 5.74) is 1.06. The van der Waals surface area contributed by atoms with E-state index in [9.17, 15) is 9.18 Å². The summed E-state index contributed by atoms with van der Waals surface area (Å²) in [6.45, 7) is 2.26. The highest BCUT2D eigenvalue weighted by atomic mass is 35.5. The van der Waals surface area contributed by atoms with Gasteiger partial charge in [-0.15, -0.1) is 0 Å². The van der Waals surface area contributed by atoms with Crippen LogP contribution in [0.2, 0.25) is 5.02 Å². The fourth-order valence-electron chi connectivity index (χ4n) is 2.69. The van der Waals surface area contributed by atoms with Gasteiger partial charge in [-0.25, -0.2) is 4.39 Å². The Hall–Kier alpha value is -1.09. The number of carbonyl (C=O) groups is 1. The molecule has 0 N–H and O–H groups in total. The van der Waals surface area contributed by atoms with Crippen LogP contribution in [-0.4, -0.2) is 12.6 Å². The maximum Gasteiger partial charge on any atom is 0.308 e. The minimum atomic E-state index is -0.384. The molecule has 0 saturated heterocycles. The van der Waals surface area contributed by atoms with Crippen molar-refractivity contribution in [2.24, 2.45) is 5.92 Å². The second-order valence-electron chi connectivity index (χ2n) is 4.97. The van der Waals surface area contributed by atoms with Crippen molar-refractivity contribution in [3.8, 4) is 0 Å². The van der Waals surface area contributed by atoms with Crippen molar-refractivity contribution in [2.75, 3.05) is 6.61 Å².